The van der Waals surface area contributed by atoms with Gasteiger partial charge < -0.3 is 10.1 Å². The second-order valence-electron chi connectivity index (χ2n) is 5.27. The van der Waals surface area contributed by atoms with Crippen molar-refractivity contribution in [1.82, 2.24) is 20.2 Å². The number of benzene rings is 2. The highest BCUT2D eigenvalue weighted by molar-refractivity contribution is 5.91. The molecule has 1 heterocycles. The number of carbonyl (C=O) groups excluding carboxylic acids is 1. The summed E-state index contributed by atoms with van der Waals surface area (Å²) in [7, 11) is 0. The Kier molecular flexibility index (Phi) is 4.67. The molecule has 0 saturated carbocycles. The zero-order valence-electron chi connectivity index (χ0n) is 13.4. The Balaban J connectivity index is 1.65. The fourth-order valence-electron chi connectivity index (χ4n) is 2.16. The number of hydrogen-bond donors (Lipinski definition) is 1. The second kappa shape index (κ2) is 7.23. The Morgan fingerprint density at radius 1 is 1.24 bits per heavy atom. The van der Waals surface area contributed by atoms with E-state index in [-0.39, 0.29) is 12.5 Å². The van der Waals surface area contributed by atoms with E-state index in [9.17, 15) is 4.79 Å². The molecule has 124 valence electrons. The van der Waals surface area contributed by atoms with Crippen LogP contribution in [0.1, 0.15) is 11.1 Å². The fraction of sp³-hybridized carbons (Fsp3) is 0.118. The maximum Gasteiger partial charge on any atom is 0.246 e. The van der Waals surface area contributed by atoms with E-state index in [1.165, 1.54) is 11.0 Å². The van der Waals surface area contributed by atoms with E-state index in [1.807, 2.05) is 13.0 Å². The first-order valence-corrected chi connectivity index (χ1v) is 7.43. The van der Waals surface area contributed by atoms with Crippen molar-refractivity contribution in [1.29, 1.82) is 5.26 Å². The minimum Gasteiger partial charge on any atom is -0.457 e. The van der Waals surface area contributed by atoms with Gasteiger partial charge in [0.05, 0.1) is 11.6 Å². The zero-order chi connectivity index (χ0) is 17.6. The molecule has 0 aliphatic rings. The van der Waals surface area contributed by atoms with Gasteiger partial charge in [-0.15, -0.1) is 5.10 Å². The standard InChI is InChI=1S/C17H14N6O2/c1-12-8-15(25-14-4-2-13(9-18)3-5-14)6-7-16(12)20-17(24)10-23-11-19-21-22-23/h2-8,11H,10H2,1H3,(H,20,24). The van der Waals surface area contributed by atoms with Gasteiger partial charge in [-0.05, 0) is 65.4 Å². The molecule has 3 rings (SSSR count). The van der Waals surface area contributed by atoms with Crippen molar-refractivity contribution in [3.63, 3.8) is 0 Å². The topological polar surface area (TPSA) is 106 Å². The van der Waals surface area contributed by atoms with Crippen LogP contribution in [0.2, 0.25) is 0 Å². The van der Waals surface area contributed by atoms with Crippen molar-refractivity contribution in [2.24, 2.45) is 0 Å². The van der Waals surface area contributed by atoms with E-state index in [0.717, 1.165) is 5.56 Å². The molecular formula is C17H14N6O2. The van der Waals surface area contributed by atoms with Crippen LogP contribution in [0.4, 0.5) is 5.69 Å². The zero-order valence-corrected chi connectivity index (χ0v) is 13.4. The Morgan fingerprint density at radius 2 is 2.00 bits per heavy atom. The molecule has 0 spiro atoms. The van der Waals surface area contributed by atoms with E-state index in [1.54, 1.807) is 36.4 Å². The summed E-state index contributed by atoms with van der Waals surface area (Å²) in [6, 6.07) is 14.3. The van der Waals surface area contributed by atoms with Crippen molar-refractivity contribution < 1.29 is 9.53 Å². The minimum absolute atomic E-state index is 0.0376. The number of nitrogens with one attached hydrogen (secondary N) is 1. The van der Waals surface area contributed by atoms with E-state index in [4.69, 9.17) is 10.00 Å². The van der Waals surface area contributed by atoms with Gasteiger partial charge in [0.25, 0.3) is 0 Å². The van der Waals surface area contributed by atoms with Crippen LogP contribution < -0.4 is 10.1 Å². The third kappa shape index (κ3) is 4.17. The normalized spacial score (nSPS) is 10.1. The Bertz CT molecular complexity index is 913. The predicted octanol–water partition coefficient (Wildman–Crippen LogP) is 2.28. The maximum atomic E-state index is 12.0. The molecule has 0 unspecified atom stereocenters. The van der Waals surface area contributed by atoms with Crippen LogP contribution >= 0.6 is 0 Å². The first-order valence-electron chi connectivity index (χ1n) is 7.43. The van der Waals surface area contributed by atoms with Gasteiger partial charge in [-0.3, -0.25) is 4.79 Å². The summed E-state index contributed by atoms with van der Waals surface area (Å²) in [6.07, 6.45) is 1.38. The Morgan fingerprint density at radius 3 is 2.64 bits per heavy atom. The summed E-state index contributed by atoms with van der Waals surface area (Å²) in [5.41, 5.74) is 2.12. The van der Waals surface area contributed by atoms with Gasteiger partial charge in [0.1, 0.15) is 24.4 Å². The predicted molar refractivity (Wildman–Crippen MR) is 88.9 cm³/mol. The quantitative estimate of drug-likeness (QED) is 0.767. The van der Waals surface area contributed by atoms with Gasteiger partial charge in [0.2, 0.25) is 5.91 Å². The van der Waals surface area contributed by atoms with Gasteiger partial charge in [-0.2, -0.15) is 5.26 Å². The van der Waals surface area contributed by atoms with Crippen LogP contribution in [0, 0.1) is 18.3 Å². The summed E-state index contributed by atoms with van der Waals surface area (Å²) in [5.74, 6) is 1.05. The smallest absolute Gasteiger partial charge is 0.246 e. The van der Waals surface area contributed by atoms with Crippen LogP contribution in [0.3, 0.4) is 0 Å². The number of anilines is 1. The van der Waals surface area contributed by atoms with Crippen LogP contribution in [-0.2, 0) is 11.3 Å². The molecule has 1 aromatic heterocycles. The van der Waals surface area contributed by atoms with Crippen molar-refractivity contribution in [2.45, 2.75) is 13.5 Å². The van der Waals surface area contributed by atoms with Crippen molar-refractivity contribution >= 4 is 11.6 Å². The lowest BCUT2D eigenvalue weighted by Gasteiger charge is -2.11. The molecule has 0 radical (unpaired) electrons. The molecule has 25 heavy (non-hydrogen) atoms. The maximum absolute atomic E-state index is 12.0. The summed E-state index contributed by atoms with van der Waals surface area (Å²) < 4.78 is 7.09. The molecule has 0 aliphatic heterocycles. The van der Waals surface area contributed by atoms with Gasteiger partial charge in [-0.25, -0.2) is 4.68 Å². The fourth-order valence-corrected chi connectivity index (χ4v) is 2.16. The first-order chi connectivity index (χ1) is 12.1. The molecule has 0 aliphatic carbocycles. The van der Waals surface area contributed by atoms with Crippen LogP contribution in [-0.4, -0.2) is 26.1 Å². The van der Waals surface area contributed by atoms with Crippen LogP contribution in [0.25, 0.3) is 0 Å². The highest BCUT2D eigenvalue weighted by atomic mass is 16.5. The first kappa shape index (κ1) is 16.1. The number of ether oxygens (including phenoxy) is 1. The third-order valence-electron chi connectivity index (χ3n) is 3.39. The molecule has 0 atom stereocenters. The molecule has 8 nitrogen and oxygen atoms in total. The molecule has 1 N–H and O–H groups in total. The SMILES string of the molecule is Cc1cc(Oc2ccc(C#N)cc2)ccc1NC(=O)Cn1cnnn1. The molecule has 2 aromatic carbocycles. The van der Waals surface area contributed by atoms with Gasteiger partial charge >= 0.3 is 0 Å². The number of hydrogen-bond acceptors (Lipinski definition) is 6. The average Bonchev–Trinajstić information content (AvgIpc) is 3.11. The number of nitriles is 1. The number of tetrazole rings is 1. The minimum atomic E-state index is -0.226. The highest BCUT2D eigenvalue weighted by Gasteiger charge is 2.08. The number of carbonyl (C=O) groups is 1. The number of aromatic nitrogens is 4. The molecule has 1 amide bonds. The summed E-state index contributed by atoms with van der Waals surface area (Å²) >= 11 is 0. The summed E-state index contributed by atoms with van der Waals surface area (Å²) in [6.45, 7) is 1.91. The summed E-state index contributed by atoms with van der Waals surface area (Å²) in [4.78, 5) is 12.0. The number of amides is 1. The lowest BCUT2D eigenvalue weighted by molar-refractivity contribution is -0.116. The van der Waals surface area contributed by atoms with Gasteiger partial charge in [0, 0.05) is 5.69 Å². The molecule has 0 fully saturated rings. The van der Waals surface area contributed by atoms with E-state index < -0.39 is 0 Å². The molecule has 8 heteroatoms. The lowest BCUT2D eigenvalue weighted by Crippen LogP contribution is -2.19. The molecule has 0 bridgehead atoms. The van der Waals surface area contributed by atoms with Crippen molar-refractivity contribution in [3.8, 4) is 17.6 Å². The molecule has 3 aromatic rings. The van der Waals surface area contributed by atoms with E-state index in [2.05, 4.69) is 26.9 Å². The second-order valence-corrected chi connectivity index (χ2v) is 5.27. The average molecular weight is 334 g/mol. The Hall–Kier alpha value is -3.73. The number of rotatable bonds is 5. The third-order valence-corrected chi connectivity index (χ3v) is 3.39. The van der Waals surface area contributed by atoms with Crippen LogP contribution in [0.15, 0.2) is 48.8 Å². The highest BCUT2D eigenvalue weighted by Crippen LogP contribution is 2.26. The summed E-state index contributed by atoms with van der Waals surface area (Å²) in [5, 5.41) is 22.2. The molecular weight excluding hydrogens is 320 g/mol. The van der Waals surface area contributed by atoms with Crippen molar-refractivity contribution in [3.05, 3.63) is 59.9 Å². The number of aryl methyl sites for hydroxylation is 1. The number of nitrogens with zero attached hydrogens (tertiary/aromatic N) is 5. The lowest BCUT2D eigenvalue weighted by atomic mass is 10.2. The largest absolute Gasteiger partial charge is 0.457 e. The monoisotopic (exact) mass is 334 g/mol. The van der Waals surface area contributed by atoms with Gasteiger partial charge in [-0.1, -0.05) is 0 Å². The van der Waals surface area contributed by atoms with E-state index in [0.29, 0.717) is 22.7 Å². The van der Waals surface area contributed by atoms with E-state index >= 15 is 0 Å². The van der Waals surface area contributed by atoms with Crippen molar-refractivity contribution in [2.75, 3.05) is 5.32 Å². The van der Waals surface area contributed by atoms with Crippen LogP contribution in [0.5, 0.6) is 11.5 Å². The van der Waals surface area contributed by atoms with Gasteiger partial charge in [0.15, 0.2) is 0 Å². The molecule has 0 saturated heterocycles. The Labute approximate surface area is 143 Å².